The molecule has 216 valence electrons. The van der Waals surface area contributed by atoms with Gasteiger partial charge in [-0.15, -0.1) is 0 Å². The van der Waals surface area contributed by atoms with Gasteiger partial charge in [-0.3, -0.25) is 24.3 Å². The average Bonchev–Trinajstić information content (AvgIpc) is 3.76. The third kappa shape index (κ3) is 6.85. The number of nitrogens with zero attached hydrogens (tertiary/aromatic N) is 4. The third-order valence-corrected chi connectivity index (χ3v) is 8.64. The van der Waals surface area contributed by atoms with E-state index < -0.39 is 0 Å². The largest absolute Gasteiger partial charge is 0.508 e. The van der Waals surface area contributed by atoms with Gasteiger partial charge in [0.15, 0.2) is 0 Å². The summed E-state index contributed by atoms with van der Waals surface area (Å²) < 4.78 is 5.07. The highest BCUT2D eigenvalue weighted by Crippen LogP contribution is 2.37. The standard InChI is InChI=1S/C32H44N4O4/c1-4-40-30(38)22-33-13-15-34(16-14-33)32(39)28-9-5-7-26(17-28)31(27-8-6-10-29(37)18-27)36-20-23(2)35(19-24(36)3)21-25-11-12-25/h5-10,17-18,23-25,31,37H,4,11-16,19-22H2,1-3H3/t23-,24+,31-/m1/s1. The Kier molecular flexibility index (Phi) is 9.08. The number of aromatic hydroxyl groups is 1. The molecular formula is C32H44N4O4. The zero-order valence-electron chi connectivity index (χ0n) is 24.2. The Hall–Kier alpha value is -2.94. The molecule has 1 aliphatic carbocycles. The van der Waals surface area contributed by atoms with Crippen molar-refractivity contribution < 1.29 is 19.4 Å². The van der Waals surface area contributed by atoms with Crippen LogP contribution in [0.4, 0.5) is 0 Å². The molecule has 0 bridgehead atoms. The molecule has 40 heavy (non-hydrogen) atoms. The number of hydrogen-bond donors (Lipinski definition) is 1. The lowest BCUT2D eigenvalue weighted by Gasteiger charge is -2.48. The van der Waals surface area contributed by atoms with E-state index in [1.807, 2.05) is 47.1 Å². The summed E-state index contributed by atoms with van der Waals surface area (Å²) in [5.41, 5.74) is 2.77. The van der Waals surface area contributed by atoms with Crippen LogP contribution in [0.25, 0.3) is 0 Å². The Morgan fingerprint density at radius 2 is 1.65 bits per heavy atom. The Morgan fingerprint density at radius 1 is 0.950 bits per heavy atom. The van der Waals surface area contributed by atoms with E-state index in [1.165, 1.54) is 19.4 Å². The van der Waals surface area contributed by atoms with E-state index in [9.17, 15) is 14.7 Å². The van der Waals surface area contributed by atoms with Gasteiger partial charge in [0.05, 0.1) is 19.2 Å². The van der Waals surface area contributed by atoms with Crippen molar-refractivity contribution in [3.63, 3.8) is 0 Å². The van der Waals surface area contributed by atoms with Gasteiger partial charge in [-0.1, -0.05) is 24.3 Å². The monoisotopic (exact) mass is 548 g/mol. The molecule has 5 rings (SSSR count). The number of hydrogen-bond acceptors (Lipinski definition) is 7. The maximum Gasteiger partial charge on any atom is 0.320 e. The molecular weight excluding hydrogens is 504 g/mol. The quantitative estimate of drug-likeness (QED) is 0.480. The molecule has 3 aliphatic rings. The van der Waals surface area contributed by atoms with Crippen molar-refractivity contribution >= 4 is 11.9 Å². The SMILES string of the molecule is CCOC(=O)CN1CCN(C(=O)c2cccc([C@H](c3cccc(O)c3)N3C[C@@H](C)N(CC4CC4)C[C@@H]3C)c2)CC1. The fourth-order valence-electron chi connectivity index (χ4n) is 6.26. The van der Waals surface area contributed by atoms with Gasteiger partial charge in [-0.2, -0.15) is 0 Å². The van der Waals surface area contributed by atoms with E-state index >= 15 is 0 Å². The van der Waals surface area contributed by atoms with E-state index in [0.717, 1.165) is 30.1 Å². The number of carbonyl (C=O) groups is 2. The topological polar surface area (TPSA) is 76.6 Å². The summed E-state index contributed by atoms with van der Waals surface area (Å²) in [6.45, 7) is 12.7. The summed E-state index contributed by atoms with van der Waals surface area (Å²) in [7, 11) is 0. The zero-order valence-corrected chi connectivity index (χ0v) is 24.2. The number of phenols is 1. The van der Waals surface area contributed by atoms with Gasteiger partial charge in [0.2, 0.25) is 0 Å². The number of phenolic OH excluding ortho intramolecular Hbond substituents is 1. The predicted molar refractivity (Wildman–Crippen MR) is 155 cm³/mol. The van der Waals surface area contributed by atoms with Crippen LogP contribution >= 0.6 is 0 Å². The number of rotatable bonds is 9. The van der Waals surface area contributed by atoms with Gasteiger partial charge in [0, 0.05) is 63.5 Å². The van der Waals surface area contributed by atoms with Crippen LogP contribution in [0.2, 0.25) is 0 Å². The molecule has 1 N–H and O–H groups in total. The van der Waals surface area contributed by atoms with Crippen LogP contribution in [0.5, 0.6) is 5.75 Å². The van der Waals surface area contributed by atoms with Crippen molar-refractivity contribution in [1.82, 2.24) is 19.6 Å². The van der Waals surface area contributed by atoms with Crippen molar-refractivity contribution in [2.45, 2.75) is 51.7 Å². The molecule has 1 saturated carbocycles. The number of esters is 1. The molecule has 0 radical (unpaired) electrons. The van der Waals surface area contributed by atoms with Crippen molar-refractivity contribution in [3.8, 4) is 5.75 Å². The molecule has 8 heteroatoms. The van der Waals surface area contributed by atoms with Crippen LogP contribution in [0.15, 0.2) is 48.5 Å². The minimum Gasteiger partial charge on any atom is -0.508 e. The predicted octanol–water partition coefficient (Wildman–Crippen LogP) is 3.61. The highest BCUT2D eigenvalue weighted by Gasteiger charge is 2.37. The van der Waals surface area contributed by atoms with E-state index in [0.29, 0.717) is 50.4 Å². The molecule has 1 amide bonds. The summed E-state index contributed by atoms with van der Waals surface area (Å²) >= 11 is 0. The van der Waals surface area contributed by atoms with Gasteiger partial charge in [0.25, 0.3) is 5.91 Å². The molecule has 2 heterocycles. The molecule has 2 aromatic rings. The van der Waals surface area contributed by atoms with Gasteiger partial charge in [-0.25, -0.2) is 0 Å². The Balaban J connectivity index is 1.34. The number of ether oxygens (including phenoxy) is 1. The second-order valence-corrected chi connectivity index (χ2v) is 11.8. The fraction of sp³-hybridized carbons (Fsp3) is 0.562. The third-order valence-electron chi connectivity index (χ3n) is 8.64. The molecule has 3 atom stereocenters. The van der Waals surface area contributed by atoms with Crippen molar-refractivity contribution in [1.29, 1.82) is 0 Å². The van der Waals surface area contributed by atoms with Gasteiger partial charge >= 0.3 is 5.97 Å². The lowest BCUT2D eigenvalue weighted by Crippen LogP contribution is -2.57. The Bertz CT molecular complexity index is 1180. The summed E-state index contributed by atoms with van der Waals surface area (Å²) in [4.78, 5) is 34.6. The number of benzene rings is 2. The molecule has 8 nitrogen and oxygen atoms in total. The molecule has 0 spiro atoms. The van der Waals surface area contributed by atoms with Crippen molar-refractivity contribution in [2.75, 3.05) is 59.0 Å². The lowest BCUT2D eigenvalue weighted by molar-refractivity contribution is -0.144. The first-order valence-corrected chi connectivity index (χ1v) is 14.9. The van der Waals surface area contributed by atoms with Crippen LogP contribution in [0.3, 0.4) is 0 Å². The maximum absolute atomic E-state index is 13.6. The molecule has 0 aromatic heterocycles. The van der Waals surface area contributed by atoms with Crippen LogP contribution in [-0.2, 0) is 9.53 Å². The average molecular weight is 549 g/mol. The van der Waals surface area contributed by atoms with Crippen molar-refractivity contribution in [2.24, 2.45) is 5.92 Å². The number of amides is 1. The Morgan fingerprint density at radius 3 is 2.33 bits per heavy atom. The highest BCUT2D eigenvalue weighted by atomic mass is 16.5. The molecule has 3 fully saturated rings. The zero-order chi connectivity index (χ0) is 28.2. The number of carbonyl (C=O) groups excluding carboxylic acids is 2. The molecule has 2 aliphatic heterocycles. The molecule has 2 saturated heterocycles. The summed E-state index contributed by atoms with van der Waals surface area (Å²) in [5.74, 6) is 0.911. The van der Waals surface area contributed by atoms with E-state index in [2.05, 4.69) is 35.8 Å². The number of piperazine rings is 2. The van der Waals surface area contributed by atoms with E-state index in [1.54, 1.807) is 6.07 Å². The maximum atomic E-state index is 13.6. The first kappa shape index (κ1) is 28.6. The summed E-state index contributed by atoms with van der Waals surface area (Å²) in [6, 6.07) is 16.3. The van der Waals surface area contributed by atoms with E-state index in [-0.39, 0.29) is 30.2 Å². The summed E-state index contributed by atoms with van der Waals surface area (Å²) in [5, 5.41) is 10.4. The van der Waals surface area contributed by atoms with Gasteiger partial charge in [-0.05, 0) is 74.9 Å². The van der Waals surface area contributed by atoms with E-state index in [4.69, 9.17) is 4.74 Å². The van der Waals surface area contributed by atoms with Crippen molar-refractivity contribution in [3.05, 3.63) is 65.2 Å². The smallest absolute Gasteiger partial charge is 0.320 e. The van der Waals surface area contributed by atoms with Crippen LogP contribution in [0.1, 0.15) is 61.1 Å². The summed E-state index contributed by atoms with van der Waals surface area (Å²) in [6.07, 6.45) is 2.71. The normalized spacial score (nSPS) is 23.6. The minimum atomic E-state index is -0.218. The lowest BCUT2D eigenvalue weighted by atomic mass is 9.92. The van der Waals surface area contributed by atoms with Crippen LogP contribution in [-0.4, -0.2) is 108 Å². The van der Waals surface area contributed by atoms with Gasteiger partial charge < -0.3 is 14.7 Å². The van der Waals surface area contributed by atoms with Crippen LogP contribution < -0.4 is 0 Å². The second-order valence-electron chi connectivity index (χ2n) is 11.8. The van der Waals surface area contributed by atoms with Gasteiger partial charge in [0.1, 0.15) is 5.75 Å². The first-order valence-electron chi connectivity index (χ1n) is 14.9. The first-order chi connectivity index (χ1) is 19.3. The highest BCUT2D eigenvalue weighted by molar-refractivity contribution is 5.94. The fourth-order valence-corrected chi connectivity index (χ4v) is 6.26. The van der Waals surface area contributed by atoms with Crippen LogP contribution in [0, 0.1) is 5.92 Å². The minimum absolute atomic E-state index is 0.0166. The second kappa shape index (κ2) is 12.7. The molecule has 2 aromatic carbocycles. The molecule has 0 unspecified atom stereocenters. The Labute approximate surface area is 238 Å².